The molecular formula is C21H20F2N4O2. The molecule has 3 aromatic rings. The SMILES string of the molecule is Cc1cc(F)c(N2CCN(C)CC2)cc1-n1c(C=O)nc2cc(F)ccc2c1=O. The quantitative estimate of drug-likeness (QED) is 0.635. The number of aldehydes is 1. The highest BCUT2D eigenvalue weighted by Gasteiger charge is 2.21. The molecule has 1 aliphatic heterocycles. The molecule has 2 heterocycles. The number of carbonyl (C=O) groups excluding carboxylic acids is 1. The van der Waals surface area contributed by atoms with E-state index in [1.807, 2.05) is 11.9 Å². The van der Waals surface area contributed by atoms with Gasteiger partial charge in [0.15, 0.2) is 12.1 Å². The summed E-state index contributed by atoms with van der Waals surface area (Å²) in [5, 5.41) is 0.182. The topological polar surface area (TPSA) is 58.4 Å². The molecule has 6 nitrogen and oxygen atoms in total. The summed E-state index contributed by atoms with van der Waals surface area (Å²) in [6.07, 6.45) is 0.448. The van der Waals surface area contributed by atoms with Gasteiger partial charge in [0.1, 0.15) is 11.6 Å². The molecule has 1 fully saturated rings. The molecule has 150 valence electrons. The summed E-state index contributed by atoms with van der Waals surface area (Å²) in [5.41, 5.74) is 0.852. The van der Waals surface area contributed by atoms with Crippen molar-refractivity contribution < 1.29 is 13.6 Å². The van der Waals surface area contributed by atoms with E-state index in [1.54, 1.807) is 13.0 Å². The van der Waals surface area contributed by atoms with Gasteiger partial charge >= 0.3 is 0 Å². The molecule has 1 aromatic heterocycles. The van der Waals surface area contributed by atoms with Crippen LogP contribution in [0.4, 0.5) is 14.5 Å². The number of likely N-dealkylation sites (N-methyl/N-ethyl adjacent to an activating group) is 1. The Morgan fingerprint density at radius 3 is 2.45 bits per heavy atom. The van der Waals surface area contributed by atoms with Crippen LogP contribution in [0.5, 0.6) is 0 Å². The average molecular weight is 398 g/mol. The summed E-state index contributed by atoms with van der Waals surface area (Å²) in [6.45, 7) is 4.57. The van der Waals surface area contributed by atoms with Crippen LogP contribution in [0.2, 0.25) is 0 Å². The minimum atomic E-state index is -0.547. The van der Waals surface area contributed by atoms with Crippen molar-refractivity contribution in [2.45, 2.75) is 6.92 Å². The predicted octanol–water partition coefficient (Wildman–Crippen LogP) is 2.54. The van der Waals surface area contributed by atoms with Gasteiger partial charge in [0.05, 0.1) is 22.3 Å². The molecule has 0 N–H and O–H groups in total. The number of fused-ring (bicyclic) bond motifs is 1. The lowest BCUT2D eigenvalue weighted by atomic mass is 10.1. The number of benzene rings is 2. The monoisotopic (exact) mass is 398 g/mol. The van der Waals surface area contributed by atoms with Crippen LogP contribution in [0.3, 0.4) is 0 Å². The van der Waals surface area contributed by atoms with E-state index in [0.29, 0.717) is 36.3 Å². The second-order valence-electron chi connectivity index (χ2n) is 7.27. The minimum absolute atomic E-state index is 0.104. The molecule has 1 aliphatic rings. The lowest BCUT2D eigenvalue weighted by molar-refractivity contribution is 0.111. The number of anilines is 1. The number of halogens is 2. The number of hydrogen-bond acceptors (Lipinski definition) is 5. The molecule has 0 bridgehead atoms. The lowest BCUT2D eigenvalue weighted by Crippen LogP contribution is -2.44. The summed E-state index contributed by atoms with van der Waals surface area (Å²) >= 11 is 0. The van der Waals surface area contributed by atoms with Gasteiger partial charge in [-0.25, -0.2) is 13.8 Å². The molecule has 0 radical (unpaired) electrons. The van der Waals surface area contributed by atoms with Crippen molar-refractivity contribution in [2.75, 3.05) is 38.1 Å². The van der Waals surface area contributed by atoms with E-state index >= 15 is 0 Å². The number of rotatable bonds is 3. The van der Waals surface area contributed by atoms with Gasteiger partial charge in [-0.1, -0.05) is 0 Å². The van der Waals surface area contributed by atoms with Crippen molar-refractivity contribution in [3.05, 3.63) is 63.7 Å². The number of aromatic nitrogens is 2. The fourth-order valence-electron chi connectivity index (χ4n) is 3.67. The van der Waals surface area contributed by atoms with E-state index in [1.165, 1.54) is 22.8 Å². The van der Waals surface area contributed by atoms with Crippen molar-refractivity contribution >= 4 is 22.9 Å². The van der Waals surface area contributed by atoms with Gasteiger partial charge in [-0.3, -0.25) is 14.2 Å². The highest BCUT2D eigenvalue weighted by atomic mass is 19.1. The largest absolute Gasteiger partial charge is 0.367 e. The first-order valence-corrected chi connectivity index (χ1v) is 9.30. The van der Waals surface area contributed by atoms with E-state index in [4.69, 9.17) is 0 Å². The Hall–Kier alpha value is -3.13. The molecule has 1 saturated heterocycles. The Labute approximate surface area is 166 Å². The van der Waals surface area contributed by atoms with Gasteiger partial charge in [-0.15, -0.1) is 0 Å². The third kappa shape index (κ3) is 3.40. The van der Waals surface area contributed by atoms with Crippen LogP contribution in [0, 0.1) is 18.6 Å². The van der Waals surface area contributed by atoms with Crippen LogP contribution in [-0.2, 0) is 0 Å². The maximum atomic E-state index is 14.7. The van der Waals surface area contributed by atoms with E-state index in [2.05, 4.69) is 9.88 Å². The lowest BCUT2D eigenvalue weighted by Gasteiger charge is -2.34. The third-order valence-electron chi connectivity index (χ3n) is 5.31. The number of carbonyl (C=O) groups is 1. The third-order valence-corrected chi connectivity index (χ3v) is 5.31. The Kier molecular flexibility index (Phi) is 4.87. The zero-order chi connectivity index (χ0) is 20.7. The smallest absolute Gasteiger partial charge is 0.266 e. The minimum Gasteiger partial charge on any atom is -0.367 e. The van der Waals surface area contributed by atoms with Gasteiger partial charge in [0, 0.05) is 32.2 Å². The summed E-state index contributed by atoms with van der Waals surface area (Å²) in [4.78, 5) is 33.0. The number of piperazine rings is 1. The number of aryl methyl sites for hydroxylation is 1. The first kappa shape index (κ1) is 19.2. The molecular weight excluding hydrogens is 378 g/mol. The fraction of sp³-hybridized carbons (Fsp3) is 0.286. The van der Waals surface area contributed by atoms with E-state index < -0.39 is 11.4 Å². The zero-order valence-electron chi connectivity index (χ0n) is 16.2. The van der Waals surface area contributed by atoms with Crippen molar-refractivity contribution in [3.8, 4) is 5.69 Å². The molecule has 4 rings (SSSR count). The normalized spacial score (nSPS) is 15.1. The zero-order valence-corrected chi connectivity index (χ0v) is 16.2. The second kappa shape index (κ2) is 7.36. The summed E-state index contributed by atoms with van der Waals surface area (Å²) in [6, 6.07) is 6.57. The van der Waals surface area contributed by atoms with Crippen LogP contribution < -0.4 is 10.5 Å². The Morgan fingerprint density at radius 2 is 1.76 bits per heavy atom. The van der Waals surface area contributed by atoms with Crippen LogP contribution in [-0.4, -0.2) is 54.0 Å². The van der Waals surface area contributed by atoms with Crippen LogP contribution in [0.1, 0.15) is 16.2 Å². The molecule has 0 unspecified atom stereocenters. The van der Waals surface area contributed by atoms with Gasteiger partial charge in [-0.05, 0) is 43.8 Å². The van der Waals surface area contributed by atoms with Crippen LogP contribution in [0.15, 0.2) is 35.1 Å². The van der Waals surface area contributed by atoms with Crippen molar-refractivity contribution in [1.29, 1.82) is 0 Å². The summed E-state index contributed by atoms with van der Waals surface area (Å²) in [5.74, 6) is -1.09. The molecule has 0 saturated carbocycles. The van der Waals surface area contributed by atoms with Gasteiger partial charge < -0.3 is 9.80 Å². The Morgan fingerprint density at radius 1 is 1.03 bits per heavy atom. The molecule has 29 heavy (non-hydrogen) atoms. The highest BCUT2D eigenvalue weighted by Crippen LogP contribution is 2.27. The van der Waals surface area contributed by atoms with Crippen molar-refractivity contribution in [3.63, 3.8) is 0 Å². The first-order chi connectivity index (χ1) is 13.9. The van der Waals surface area contributed by atoms with Crippen LogP contribution >= 0.6 is 0 Å². The number of hydrogen-bond donors (Lipinski definition) is 0. The second-order valence-corrected chi connectivity index (χ2v) is 7.27. The van der Waals surface area contributed by atoms with E-state index in [9.17, 15) is 18.4 Å². The molecule has 0 aliphatic carbocycles. The maximum absolute atomic E-state index is 14.7. The molecule has 8 heteroatoms. The predicted molar refractivity (Wildman–Crippen MR) is 107 cm³/mol. The van der Waals surface area contributed by atoms with Gasteiger partial charge in [-0.2, -0.15) is 0 Å². The molecule has 0 amide bonds. The highest BCUT2D eigenvalue weighted by molar-refractivity contribution is 5.82. The van der Waals surface area contributed by atoms with Gasteiger partial charge in [0.2, 0.25) is 0 Å². The van der Waals surface area contributed by atoms with Crippen molar-refractivity contribution in [2.24, 2.45) is 0 Å². The maximum Gasteiger partial charge on any atom is 0.266 e. The summed E-state index contributed by atoms with van der Waals surface area (Å²) < 4.78 is 29.4. The van der Waals surface area contributed by atoms with E-state index in [0.717, 1.165) is 19.2 Å². The average Bonchev–Trinajstić information content (AvgIpc) is 2.69. The fourth-order valence-corrected chi connectivity index (χ4v) is 3.67. The number of nitrogens with zero attached hydrogens (tertiary/aromatic N) is 4. The molecule has 0 atom stereocenters. The van der Waals surface area contributed by atoms with Crippen LogP contribution in [0.25, 0.3) is 16.6 Å². The van der Waals surface area contributed by atoms with Crippen molar-refractivity contribution in [1.82, 2.24) is 14.5 Å². The standard InChI is InChI=1S/C21H20F2N4O2/c1-13-9-16(23)19(26-7-5-25(2)6-8-26)11-18(13)27-20(12-28)24-17-10-14(22)3-4-15(17)21(27)29/h3-4,9-12H,5-8H2,1-2H3. The first-order valence-electron chi connectivity index (χ1n) is 9.30. The van der Waals surface area contributed by atoms with Gasteiger partial charge in [0.25, 0.3) is 5.56 Å². The van der Waals surface area contributed by atoms with E-state index in [-0.39, 0.29) is 22.5 Å². The Balaban J connectivity index is 1.92. The Bertz CT molecular complexity index is 1170. The molecule has 0 spiro atoms. The molecule has 2 aromatic carbocycles. The summed E-state index contributed by atoms with van der Waals surface area (Å²) in [7, 11) is 2.01.